The van der Waals surface area contributed by atoms with Crippen LogP contribution in [0, 0.1) is 18.7 Å². The third kappa shape index (κ3) is 4.51. The number of benzene rings is 1. The van der Waals surface area contributed by atoms with E-state index in [2.05, 4.69) is 20.3 Å². The van der Waals surface area contributed by atoms with E-state index in [4.69, 9.17) is 0 Å². The van der Waals surface area contributed by atoms with Gasteiger partial charge in [0, 0.05) is 16.9 Å². The topological polar surface area (TPSA) is 84.8 Å². The summed E-state index contributed by atoms with van der Waals surface area (Å²) in [6, 6.07) is 4.52. The molecule has 3 aromatic rings. The maximum atomic E-state index is 15.2. The highest BCUT2D eigenvalue weighted by molar-refractivity contribution is 7.69. The Hall–Kier alpha value is -2.80. The van der Waals surface area contributed by atoms with Crippen LogP contribution in [0.2, 0.25) is 0 Å². The Morgan fingerprint density at radius 2 is 1.94 bits per heavy atom. The molecule has 0 saturated heterocycles. The smallest absolute Gasteiger partial charge is 0.333 e. The number of rotatable bonds is 7. The molecule has 174 valence electrons. The van der Waals surface area contributed by atoms with Crippen LogP contribution in [0.4, 0.5) is 19.0 Å². The van der Waals surface area contributed by atoms with Gasteiger partial charge < -0.3 is 9.88 Å². The maximum Gasteiger partial charge on any atom is 0.333 e. The van der Waals surface area contributed by atoms with Gasteiger partial charge in [-0.15, -0.1) is 0 Å². The SMILES string of the molecule is Cc1nc(N[C@H](C)c2cccc(C(F)(F)C(=O)C3CC3)c2F)c2cc(P(C)(C)=O)ncc2n1. The number of hydrogen-bond donors (Lipinski definition) is 1. The molecule has 0 aliphatic heterocycles. The third-order valence-electron chi connectivity index (χ3n) is 5.68. The van der Waals surface area contributed by atoms with Crippen molar-refractivity contribution in [1.82, 2.24) is 15.0 Å². The summed E-state index contributed by atoms with van der Waals surface area (Å²) in [5.74, 6) is -6.18. The Bertz CT molecular complexity index is 1300. The number of halogens is 3. The van der Waals surface area contributed by atoms with Crippen LogP contribution >= 0.6 is 7.14 Å². The average molecular weight is 476 g/mol. The molecule has 2 aromatic heterocycles. The van der Waals surface area contributed by atoms with E-state index >= 15 is 4.39 Å². The number of ketones is 1. The first-order valence-electron chi connectivity index (χ1n) is 10.6. The largest absolute Gasteiger partial charge is 0.363 e. The van der Waals surface area contributed by atoms with Gasteiger partial charge in [0.25, 0.3) is 0 Å². The van der Waals surface area contributed by atoms with Crippen molar-refractivity contribution in [1.29, 1.82) is 0 Å². The number of fused-ring (bicyclic) bond motifs is 1. The van der Waals surface area contributed by atoms with E-state index in [1.54, 1.807) is 33.2 Å². The van der Waals surface area contributed by atoms with Crippen molar-refractivity contribution in [2.45, 2.75) is 38.7 Å². The van der Waals surface area contributed by atoms with Gasteiger partial charge >= 0.3 is 5.92 Å². The van der Waals surface area contributed by atoms with Crippen LogP contribution in [0.5, 0.6) is 0 Å². The van der Waals surface area contributed by atoms with Gasteiger partial charge in [-0.1, -0.05) is 12.1 Å². The standard InChI is InChI=1S/C23H24F3N4O2P/c1-12(15-6-5-7-17(20(15)24)23(25,26)21(31)14-8-9-14)28-22-16-10-19(33(3,4)32)27-11-18(16)29-13(2)30-22/h5-7,10-12,14H,8-9H2,1-4H3,(H,28,29,30)/t12-/m1/s1. The lowest BCUT2D eigenvalue weighted by atomic mass is 9.96. The van der Waals surface area contributed by atoms with E-state index in [0.717, 1.165) is 6.07 Å². The maximum absolute atomic E-state index is 15.2. The van der Waals surface area contributed by atoms with Crippen molar-refractivity contribution >= 4 is 35.1 Å². The number of nitrogens with zero attached hydrogens (tertiary/aromatic N) is 3. The molecular weight excluding hydrogens is 452 g/mol. The molecule has 1 aromatic carbocycles. The molecule has 1 aliphatic carbocycles. The fourth-order valence-corrected chi connectivity index (χ4v) is 4.46. The second-order valence-electron chi connectivity index (χ2n) is 8.82. The second-order valence-corrected chi connectivity index (χ2v) is 12.0. The Balaban J connectivity index is 1.72. The summed E-state index contributed by atoms with van der Waals surface area (Å²) < 4.78 is 57.2. The molecule has 0 spiro atoms. The van der Waals surface area contributed by atoms with Crippen LogP contribution in [-0.4, -0.2) is 34.1 Å². The monoisotopic (exact) mass is 476 g/mol. The zero-order chi connectivity index (χ0) is 24.1. The Labute approximate surface area is 189 Å². The Kier molecular flexibility index (Phi) is 5.81. The molecule has 1 aliphatic rings. The molecular formula is C23H24F3N4O2P. The average Bonchev–Trinajstić information content (AvgIpc) is 3.57. The summed E-state index contributed by atoms with van der Waals surface area (Å²) in [6.07, 6.45) is 2.32. The van der Waals surface area contributed by atoms with E-state index in [0.29, 0.717) is 40.8 Å². The molecule has 10 heteroatoms. The van der Waals surface area contributed by atoms with E-state index < -0.39 is 42.2 Å². The third-order valence-corrected chi connectivity index (χ3v) is 7.02. The van der Waals surface area contributed by atoms with Crippen molar-refractivity contribution in [2.75, 3.05) is 18.6 Å². The lowest BCUT2D eigenvalue weighted by Crippen LogP contribution is -2.29. The summed E-state index contributed by atoms with van der Waals surface area (Å²) >= 11 is 0. The normalized spacial score (nSPS) is 15.5. The Morgan fingerprint density at radius 3 is 2.58 bits per heavy atom. The van der Waals surface area contributed by atoms with Crippen LogP contribution in [0.3, 0.4) is 0 Å². The second kappa shape index (κ2) is 8.20. The van der Waals surface area contributed by atoms with Gasteiger partial charge in [-0.2, -0.15) is 8.78 Å². The summed E-state index contributed by atoms with van der Waals surface area (Å²) in [4.78, 5) is 25.0. The van der Waals surface area contributed by atoms with E-state index in [1.165, 1.54) is 18.3 Å². The molecule has 4 rings (SSSR count). The molecule has 33 heavy (non-hydrogen) atoms. The number of carbonyl (C=O) groups is 1. The zero-order valence-electron chi connectivity index (χ0n) is 18.7. The first kappa shape index (κ1) is 23.4. The molecule has 1 fully saturated rings. The highest BCUT2D eigenvalue weighted by Gasteiger charge is 2.50. The minimum atomic E-state index is -3.89. The number of hydrogen-bond acceptors (Lipinski definition) is 6. The highest BCUT2D eigenvalue weighted by Crippen LogP contribution is 2.42. The number of nitrogens with one attached hydrogen (secondary N) is 1. The fraction of sp³-hybridized carbons (Fsp3) is 0.391. The number of pyridine rings is 1. The summed E-state index contributed by atoms with van der Waals surface area (Å²) in [5.41, 5.74) is -0.0421. The Morgan fingerprint density at radius 1 is 1.24 bits per heavy atom. The van der Waals surface area contributed by atoms with Gasteiger partial charge in [-0.3, -0.25) is 9.78 Å². The van der Waals surface area contributed by atoms with Crippen molar-refractivity contribution in [3.63, 3.8) is 0 Å². The highest BCUT2D eigenvalue weighted by atomic mass is 31.2. The van der Waals surface area contributed by atoms with Gasteiger partial charge in [0.1, 0.15) is 30.0 Å². The van der Waals surface area contributed by atoms with Crippen LogP contribution in [0.1, 0.15) is 42.8 Å². The first-order chi connectivity index (χ1) is 15.4. The van der Waals surface area contributed by atoms with Crippen LogP contribution in [0.15, 0.2) is 30.5 Å². The summed E-state index contributed by atoms with van der Waals surface area (Å²) in [7, 11) is -2.66. The zero-order valence-corrected chi connectivity index (χ0v) is 19.6. The van der Waals surface area contributed by atoms with Gasteiger partial charge in [0.15, 0.2) is 0 Å². The number of alkyl halides is 2. The van der Waals surface area contributed by atoms with Crippen LogP contribution < -0.4 is 10.8 Å². The predicted octanol–water partition coefficient (Wildman–Crippen LogP) is 4.96. The number of aromatic nitrogens is 3. The lowest BCUT2D eigenvalue weighted by molar-refractivity contribution is -0.146. The van der Waals surface area contributed by atoms with E-state index in [9.17, 15) is 18.1 Å². The van der Waals surface area contributed by atoms with Crippen molar-refractivity contribution in [3.8, 4) is 0 Å². The minimum absolute atomic E-state index is 0.0221. The number of carbonyl (C=O) groups excluding carboxylic acids is 1. The van der Waals surface area contributed by atoms with E-state index in [-0.39, 0.29) is 5.56 Å². The summed E-state index contributed by atoms with van der Waals surface area (Å²) in [6.45, 7) is 6.48. The van der Waals surface area contributed by atoms with Gasteiger partial charge in [0.2, 0.25) is 5.78 Å². The van der Waals surface area contributed by atoms with Crippen LogP contribution in [-0.2, 0) is 15.3 Å². The molecule has 0 amide bonds. The summed E-state index contributed by atoms with van der Waals surface area (Å²) in [5, 5.41) is 3.60. The number of anilines is 1. The molecule has 0 unspecified atom stereocenters. The first-order valence-corrected chi connectivity index (χ1v) is 13.2. The van der Waals surface area contributed by atoms with E-state index in [1.807, 2.05) is 0 Å². The molecule has 1 atom stereocenters. The fourth-order valence-electron chi connectivity index (χ4n) is 3.69. The molecule has 1 N–H and O–H groups in total. The van der Waals surface area contributed by atoms with Crippen LogP contribution in [0.25, 0.3) is 10.9 Å². The molecule has 2 heterocycles. The van der Waals surface area contributed by atoms with Crippen molar-refractivity contribution < 1.29 is 22.5 Å². The van der Waals surface area contributed by atoms with Gasteiger partial charge in [0.05, 0.1) is 23.3 Å². The molecule has 1 saturated carbocycles. The molecule has 0 bridgehead atoms. The van der Waals surface area contributed by atoms with Crippen molar-refractivity contribution in [3.05, 3.63) is 53.2 Å². The number of aryl methyl sites for hydroxylation is 1. The van der Waals surface area contributed by atoms with Gasteiger partial charge in [-0.25, -0.2) is 14.4 Å². The minimum Gasteiger partial charge on any atom is -0.363 e. The lowest BCUT2D eigenvalue weighted by Gasteiger charge is -2.21. The molecule has 0 radical (unpaired) electrons. The van der Waals surface area contributed by atoms with Crippen molar-refractivity contribution in [2.24, 2.45) is 5.92 Å². The van der Waals surface area contributed by atoms with Gasteiger partial charge in [-0.05, 0) is 52.2 Å². The number of Topliss-reactive ketones (excluding diaryl/α,β-unsaturated/α-hetero) is 1. The molecule has 6 nitrogen and oxygen atoms in total. The quantitative estimate of drug-likeness (QED) is 0.485. The predicted molar refractivity (Wildman–Crippen MR) is 121 cm³/mol.